The van der Waals surface area contributed by atoms with Gasteiger partial charge in [-0.25, -0.2) is 0 Å². The molecule has 0 spiro atoms. The number of carbonyl (C=O) groups excluding carboxylic acids is 1. The first-order chi connectivity index (χ1) is 6.79. The van der Waals surface area contributed by atoms with E-state index < -0.39 is 6.10 Å². The van der Waals surface area contributed by atoms with Gasteiger partial charge in [0, 0.05) is 6.61 Å². The van der Waals surface area contributed by atoms with Gasteiger partial charge in [-0.05, 0) is 24.7 Å². The second-order valence-electron chi connectivity index (χ2n) is 4.42. The van der Waals surface area contributed by atoms with Crippen LogP contribution in [-0.2, 0) is 14.3 Å². The Morgan fingerprint density at radius 1 is 1.21 bits per heavy atom. The van der Waals surface area contributed by atoms with E-state index in [4.69, 9.17) is 9.47 Å². The SMILES string of the molecule is O=C1OCC[C@H]2C1[C@H](O)[C@@H]1OCC[C@@H]12. The first-order valence-electron chi connectivity index (χ1n) is 5.25. The van der Waals surface area contributed by atoms with E-state index in [-0.39, 0.29) is 18.0 Å². The summed E-state index contributed by atoms with van der Waals surface area (Å²) in [5.41, 5.74) is 0. The van der Waals surface area contributed by atoms with E-state index in [0.29, 0.717) is 18.4 Å². The second kappa shape index (κ2) is 2.94. The molecule has 1 saturated carbocycles. The van der Waals surface area contributed by atoms with Crippen LogP contribution in [0, 0.1) is 17.8 Å². The van der Waals surface area contributed by atoms with Crippen molar-refractivity contribution in [2.75, 3.05) is 13.2 Å². The number of esters is 1. The van der Waals surface area contributed by atoms with Crippen LogP contribution < -0.4 is 0 Å². The van der Waals surface area contributed by atoms with E-state index in [2.05, 4.69) is 0 Å². The largest absolute Gasteiger partial charge is 0.465 e. The van der Waals surface area contributed by atoms with E-state index in [1.165, 1.54) is 0 Å². The van der Waals surface area contributed by atoms with E-state index in [0.717, 1.165) is 19.4 Å². The molecular weight excluding hydrogens is 184 g/mol. The van der Waals surface area contributed by atoms with Crippen LogP contribution in [0.5, 0.6) is 0 Å². The van der Waals surface area contributed by atoms with Gasteiger partial charge < -0.3 is 14.6 Å². The molecule has 0 aromatic rings. The molecule has 14 heavy (non-hydrogen) atoms. The fourth-order valence-electron chi connectivity index (χ4n) is 3.26. The molecule has 3 fully saturated rings. The van der Waals surface area contributed by atoms with Gasteiger partial charge in [0.1, 0.15) is 0 Å². The summed E-state index contributed by atoms with van der Waals surface area (Å²) in [5.74, 6) is 0.118. The van der Waals surface area contributed by atoms with Crippen molar-refractivity contribution in [3.05, 3.63) is 0 Å². The van der Waals surface area contributed by atoms with Crippen LogP contribution in [-0.4, -0.2) is 36.5 Å². The lowest BCUT2D eigenvalue weighted by molar-refractivity contribution is -0.161. The fourth-order valence-corrected chi connectivity index (χ4v) is 3.26. The van der Waals surface area contributed by atoms with E-state index >= 15 is 0 Å². The topological polar surface area (TPSA) is 55.8 Å². The van der Waals surface area contributed by atoms with Gasteiger partial charge in [0.2, 0.25) is 0 Å². The third-order valence-electron chi connectivity index (χ3n) is 3.87. The third-order valence-corrected chi connectivity index (χ3v) is 3.87. The number of carbonyl (C=O) groups is 1. The second-order valence-corrected chi connectivity index (χ2v) is 4.42. The summed E-state index contributed by atoms with van der Waals surface area (Å²) >= 11 is 0. The Kier molecular flexibility index (Phi) is 1.82. The number of aliphatic hydroxyl groups excluding tert-OH is 1. The van der Waals surface area contributed by atoms with Crippen molar-refractivity contribution in [1.82, 2.24) is 0 Å². The highest BCUT2D eigenvalue weighted by Crippen LogP contribution is 2.48. The number of hydrogen-bond acceptors (Lipinski definition) is 4. The van der Waals surface area contributed by atoms with Gasteiger partial charge in [0.15, 0.2) is 0 Å². The predicted molar refractivity (Wildman–Crippen MR) is 46.4 cm³/mol. The summed E-state index contributed by atoms with van der Waals surface area (Å²) in [5, 5.41) is 9.94. The lowest BCUT2D eigenvalue weighted by Crippen LogP contribution is -2.37. The zero-order chi connectivity index (χ0) is 9.71. The van der Waals surface area contributed by atoms with Crippen molar-refractivity contribution in [1.29, 1.82) is 0 Å². The van der Waals surface area contributed by atoms with Crippen LogP contribution in [0.1, 0.15) is 12.8 Å². The molecule has 0 bridgehead atoms. The van der Waals surface area contributed by atoms with Gasteiger partial charge in [-0.2, -0.15) is 0 Å². The van der Waals surface area contributed by atoms with E-state index in [1.54, 1.807) is 0 Å². The van der Waals surface area contributed by atoms with E-state index in [9.17, 15) is 9.90 Å². The molecule has 2 saturated heterocycles. The van der Waals surface area contributed by atoms with Crippen molar-refractivity contribution < 1.29 is 19.4 Å². The van der Waals surface area contributed by atoms with Crippen molar-refractivity contribution >= 4 is 5.97 Å². The van der Waals surface area contributed by atoms with Gasteiger partial charge in [0.25, 0.3) is 0 Å². The average molecular weight is 198 g/mol. The van der Waals surface area contributed by atoms with Crippen LogP contribution in [0.3, 0.4) is 0 Å². The minimum absolute atomic E-state index is 0.115. The smallest absolute Gasteiger partial charge is 0.311 e. The molecule has 4 heteroatoms. The summed E-state index contributed by atoms with van der Waals surface area (Å²) in [7, 11) is 0. The summed E-state index contributed by atoms with van der Waals surface area (Å²) in [4.78, 5) is 11.5. The van der Waals surface area contributed by atoms with Gasteiger partial charge in [-0.3, -0.25) is 4.79 Å². The maximum atomic E-state index is 11.5. The molecule has 0 aromatic carbocycles. The molecule has 5 atom stereocenters. The Labute approximate surface area is 82.2 Å². The number of rotatable bonds is 0. The summed E-state index contributed by atoms with van der Waals surface area (Å²) in [6.45, 7) is 1.24. The highest BCUT2D eigenvalue weighted by atomic mass is 16.5. The van der Waals surface area contributed by atoms with E-state index in [1.807, 2.05) is 0 Å². The Balaban J connectivity index is 1.91. The van der Waals surface area contributed by atoms with Gasteiger partial charge in [-0.15, -0.1) is 0 Å². The maximum absolute atomic E-state index is 11.5. The summed E-state index contributed by atoms with van der Waals surface area (Å²) < 4.78 is 10.4. The average Bonchev–Trinajstić information content (AvgIpc) is 2.71. The molecular formula is C10H14O4. The van der Waals surface area contributed by atoms with Crippen LogP contribution >= 0.6 is 0 Å². The minimum Gasteiger partial charge on any atom is -0.465 e. The van der Waals surface area contributed by atoms with Crippen LogP contribution in [0.4, 0.5) is 0 Å². The zero-order valence-electron chi connectivity index (χ0n) is 7.89. The molecule has 1 unspecified atom stereocenters. The normalized spacial score (nSPS) is 51.2. The summed E-state index contributed by atoms with van der Waals surface area (Å²) in [6, 6.07) is 0. The number of aliphatic hydroxyl groups is 1. The highest BCUT2D eigenvalue weighted by molar-refractivity contribution is 5.75. The molecule has 2 heterocycles. The van der Waals surface area contributed by atoms with Gasteiger partial charge in [0.05, 0.1) is 24.7 Å². The maximum Gasteiger partial charge on any atom is 0.311 e. The molecule has 0 radical (unpaired) electrons. The van der Waals surface area contributed by atoms with Crippen LogP contribution in [0.15, 0.2) is 0 Å². The van der Waals surface area contributed by atoms with Crippen LogP contribution in [0.25, 0.3) is 0 Å². The van der Waals surface area contributed by atoms with Gasteiger partial charge >= 0.3 is 5.97 Å². The molecule has 2 aliphatic heterocycles. The lowest BCUT2D eigenvalue weighted by atomic mass is 9.84. The number of cyclic esters (lactones) is 1. The third kappa shape index (κ3) is 0.982. The Morgan fingerprint density at radius 2 is 2.00 bits per heavy atom. The standard InChI is InChI=1S/C10H14O4/c11-8-7-5(1-4-14-10(7)12)6-2-3-13-9(6)8/h5-9,11H,1-4H2/t5-,6-,7?,8+,9-/m1/s1. The predicted octanol–water partition coefficient (Wildman–Crippen LogP) is -0.0547. The van der Waals surface area contributed by atoms with Crippen molar-refractivity contribution in [2.24, 2.45) is 17.8 Å². The molecule has 4 nitrogen and oxygen atoms in total. The lowest BCUT2D eigenvalue weighted by Gasteiger charge is -2.27. The molecule has 1 N–H and O–H groups in total. The number of fused-ring (bicyclic) bond motifs is 3. The number of ether oxygens (including phenoxy) is 2. The van der Waals surface area contributed by atoms with Crippen molar-refractivity contribution in [3.63, 3.8) is 0 Å². The van der Waals surface area contributed by atoms with Crippen LogP contribution in [0.2, 0.25) is 0 Å². The molecule has 0 aromatic heterocycles. The Bertz CT molecular complexity index is 265. The zero-order valence-corrected chi connectivity index (χ0v) is 7.89. The quantitative estimate of drug-likeness (QED) is 0.554. The molecule has 0 amide bonds. The first kappa shape index (κ1) is 8.68. The number of hydrogen-bond donors (Lipinski definition) is 1. The fraction of sp³-hybridized carbons (Fsp3) is 0.900. The monoisotopic (exact) mass is 198 g/mol. The molecule has 3 aliphatic rings. The first-order valence-corrected chi connectivity index (χ1v) is 5.25. The molecule has 1 aliphatic carbocycles. The summed E-state index contributed by atoms with van der Waals surface area (Å²) in [6.07, 6.45) is 1.12. The molecule has 78 valence electrons. The van der Waals surface area contributed by atoms with Crippen molar-refractivity contribution in [3.8, 4) is 0 Å². The van der Waals surface area contributed by atoms with Crippen molar-refractivity contribution in [2.45, 2.75) is 25.0 Å². The minimum atomic E-state index is -0.639. The highest BCUT2D eigenvalue weighted by Gasteiger charge is 2.57. The Morgan fingerprint density at radius 3 is 2.86 bits per heavy atom. The molecule has 3 rings (SSSR count). The Hall–Kier alpha value is -0.610. The van der Waals surface area contributed by atoms with Gasteiger partial charge in [-0.1, -0.05) is 0 Å².